The van der Waals surface area contributed by atoms with Crippen LogP contribution in [0, 0.1) is 5.41 Å². The van der Waals surface area contributed by atoms with Gasteiger partial charge >= 0.3 is 0 Å². The predicted molar refractivity (Wildman–Crippen MR) is 56.8 cm³/mol. The molecule has 0 aliphatic carbocycles. The van der Waals surface area contributed by atoms with Crippen molar-refractivity contribution in [1.82, 2.24) is 5.32 Å². The van der Waals surface area contributed by atoms with Crippen LogP contribution in [0.1, 0.15) is 11.1 Å². The molecule has 0 aliphatic rings. The molecular weight excluding hydrogens is 178 g/mol. The number of amides is 1. The molecule has 1 aromatic carbocycles. The van der Waals surface area contributed by atoms with Gasteiger partial charge in [0.25, 0.3) is 0 Å². The third-order valence-electron chi connectivity index (χ3n) is 1.93. The van der Waals surface area contributed by atoms with Crippen LogP contribution in [-0.4, -0.2) is 19.7 Å². The summed E-state index contributed by atoms with van der Waals surface area (Å²) in [4.78, 5) is 10.1. The second-order valence-corrected chi connectivity index (χ2v) is 2.81. The van der Waals surface area contributed by atoms with Gasteiger partial charge in [-0.2, -0.15) is 0 Å². The van der Waals surface area contributed by atoms with Crippen molar-refractivity contribution < 1.29 is 4.79 Å². The Hall–Kier alpha value is -1.84. The zero-order valence-electron chi connectivity index (χ0n) is 8.00. The van der Waals surface area contributed by atoms with Crippen molar-refractivity contribution in [3.8, 4) is 0 Å². The van der Waals surface area contributed by atoms with E-state index in [1.807, 2.05) is 25.2 Å². The highest BCUT2D eigenvalue weighted by atomic mass is 16.1. The molecule has 0 atom stereocenters. The lowest BCUT2D eigenvalue weighted by Gasteiger charge is -2.07. The second kappa shape index (κ2) is 5.01. The van der Waals surface area contributed by atoms with E-state index in [0.29, 0.717) is 13.0 Å². The lowest BCUT2D eigenvalue weighted by Crippen LogP contribution is -2.10. The summed E-state index contributed by atoms with van der Waals surface area (Å²) >= 11 is 0. The third kappa shape index (κ3) is 2.32. The van der Waals surface area contributed by atoms with Crippen molar-refractivity contribution >= 4 is 18.3 Å². The highest BCUT2D eigenvalue weighted by Crippen LogP contribution is 2.14. The van der Waals surface area contributed by atoms with Crippen LogP contribution in [0.25, 0.3) is 0 Å². The van der Waals surface area contributed by atoms with Gasteiger partial charge in [-0.15, -0.1) is 0 Å². The van der Waals surface area contributed by atoms with Crippen LogP contribution < -0.4 is 10.6 Å². The summed E-state index contributed by atoms with van der Waals surface area (Å²) in [5, 5.41) is 12.8. The molecule has 74 valence electrons. The van der Waals surface area contributed by atoms with E-state index in [1.54, 1.807) is 0 Å². The van der Waals surface area contributed by atoms with E-state index in [9.17, 15) is 4.79 Å². The number of carbonyl (C=O) groups excluding carboxylic acids is 1. The minimum atomic E-state index is 0.494. The van der Waals surface area contributed by atoms with E-state index < -0.39 is 0 Å². The SMILES string of the molecule is CNc1ccc(CNC=O)cc1C=N. The van der Waals surface area contributed by atoms with Gasteiger partial charge in [-0.05, 0) is 17.7 Å². The molecule has 0 saturated carbocycles. The minimum Gasteiger partial charge on any atom is -0.388 e. The van der Waals surface area contributed by atoms with Gasteiger partial charge in [0, 0.05) is 31.1 Å². The highest BCUT2D eigenvalue weighted by Gasteiger charge is 1.99. The average molecular weight is 191 g/mol. The molecule has 14 heavy (non-hydrogen) atoms. The lowest BCUT2D eigenvalue weighted by molar-refractivity contribution is -0.109. The van der Waals surface area contributed by atoms with Gasteiger partial charge in [-0.3, -0.25) is 4.79 Å². The van der Waals surface area contributed by atoms with E-state index in [-0.39, 0.29) is 0 Å². The topological polar surface area (TPSA) is 65.0 Å². The maximum Gasteiger partial charge on any atom is 0.207 e. The van der Waals surface area contributed by atoms with Crippen molar-refractivity contribution in [2.24, 2.45) is 0 Å². The van der Waals surface area contributed by atoms with Crippen LogP contribution in [0.5, 0.6) is 0 Å². The summed E-state index contributed by atoms with van der Waals surface area (Å²) in [6, 6.07) is 5.67. The van der Waals surface area contributed by atoms with Gasteiger partial charge in [-0.25, -0.2) is 0 Å². The highest BCUT2D eigenvalue weighted by molar-refractivity contribution is 5.86. The molecule has 4 heteroatoms. The van der Waals surface area contributed by atoms with E-state index in [4.69, 9.17) is 5.41 Å². The molecule has 0 bridgehead atoms. The number of anilines is 1. The molecule has 1 amide bonds. The van der Waals surface area contributed by atoms with Crippen molar-refractivity contribution in [2.45, 2.75) is 6.54 Å². The van der Waals surface area contributed by atoms with Crippen LogP contribution in [0.2, 0.25) is 0 Å². The molecule has 0 aromatic heterocycles. The quantitative estimate of drug-likeness (QED) is 0.479. The van der Waals surface area contributed by atoms with Gasteiger partial charge in [-0.1, -0.05) is 6.07 Å². The zero-order chi connectivity index (χ0) is 10.4. The molecular formula is C10H13N3O. The lowest BCUT2D eigenvalue weighted by atomic mass is 10.1. The predicted octanol–water partition coefficient (Wildman–Crippen LogP) is 0.972. The summed E-state index contributed by atoms with van der Waals surface area (Å²) in [6.07, 6.45) is 1.95. The van der Waals surface area contributed by atoms with E-state index >= 15 is 0 Å². The molecule has 0 radical (unpaired) electrons. The zero-order valence-corrected chi connectivity index (χ0v) is 8.00. The third-order valence-corrected chi connectivity index (χ3v) is 1.93. The van der Waals surface area contributed by atoms with Gasteiger partial charge in [0.2, 0.25) is 6.41 Å². The summed E-state index contributed by atoms with van der Waals surface area (Å²) in [5.41, 5.74) is 2.71. The minimum absolute atomic E-state index is 0.494. The number of benzene rings is 1. The van der Waals surface area contributed by atoms with E-state index in [1.165, 1.54) is 6.21 Å². The fourth-order valence-corrected chi connectivity index (χ4v) is 1.23. The fraction of sp³-hybridized carbons (Fsp3) is 0.200. The van der Waals surface area contributed by atoms with Crippen molar-refractivity contribution in [2.75, 3.05) is 12.4 Å². The summed E-state index contributed by atoms with van der Waals surface area (Å²) < 4.78 is 0. The molecule has 0 heterocycles. The van der Waals surface area contributed by atoms with Gasteiger partial charge in [0.1, 0.15) is 0 Å². The van der Waals surface area contributed by atoms with Crippen molar-refractivity contribution in [3.63, 3.8) is 0 Å². The molecule has 0 aliphatic heterocycles. The first-order valence-corrected chi connectivity index (χ1v) is 4.30. The Kier molecular flexibility index (Phi) is 3.67. The summed E-state index contributed by atoms with van der Waals surface area (Å²) in [5.74, 6) is 0. The first-order chi connectivity index (χ1) is 6.81. The first kappa shape index (κ1) is 10.2. The van der Waals surface area contributed by atoms with Crippen LogP contribution in [0.3, 0.4) is 0 Å². The van der Waals surface area contributed by atoms with E-state index in [0.717, 1.165) is 16.8 Å². The molecule has 3 N–H and O–H groups in total. The van der Waals surface area contributed by atoms with Crippen LogP contribution in [0.15, 0.2) is 18.2 Å². The standard InChI is InChI=1S/C10H13N3O/c1-12-10-3-2-8(6-13-7-14)4-9(10)5-11/h2-5,7,11-12H,6H2,1H3,(H,13,14). The maximum atomic E-state index is 10.1. The molecule has 1 aromatic rings. The number of carbonyl (C=O) groups is 1. The normalized spacial score (nSPS) is 9.21. The fourth-order valence-electron chi connectivity index (χ4n) is 1.23. The smallest absolute Gasteiger partial charge is 0.207 e. The van der Waals surface area contributed by atoms with E-state index in [2.05, 4.69) is 10.6 Å². The van der Waals surface area contributed by atoms with Crippen LogP contribution in [-0.2, 0) is 11.3 Å². The molecule has 0 spiro atoms. The van der Waals surface area contributed by atoms with Crippen LogP contribution in [0.4, 0.5) is 5.69 Å². The molecule has 0 unspecified atom stereocenters. The number of nitrogens with one attached hydrogen (secondary N) is 3. The summed E-state index contributed by atoms with van der Waals surface area (Å²) in [7, 11) is 1.81. The molecule has 1 rings (SSSR count). The molecule has 0 saturated heterocycles. The van der Waals surface area contributed by atoms with Crippen molar-refractivity contribution in [1.29, 1.82) is 5.41 Å². The Morgan fingerprint density at radius 3 is 2.86 bits per heavy atom. The number of hydrogen-bond donors (Lipinski definition) is 3. The molecule has 4 nitrogen and oxygen atoms in total. The van der Waals surface area contributed by atoms with Gasteiger partial charge in [0.15, 0.2) is 0 Å². The largest absolute Gasteiger partial charge is 0.388 e. The van der Waals surface area contributed by atoms with Gasteiger partial charge < -0.3 is 16.0 Å². The number of hydrogen-bond acceptors (Lipinski definition) is 3. The number of rotatable bonds is 5. The Morgan fingerprint density at radius 1 is 1.50 bits per heavy atom. The van der Waals surface area contributed by atoms with Crippen molar-refractivity contribution in [3.05, 3.63) is 29.3 Å². The average Bonchev–Trinajstić information content (AvgIpc) is 2.25. The monoisotopic (exact) mass is 191 g/mol. The Balaban J connectivity index is 2.89. The van der Waals surface area contributed by atoms with Crippen LogP contribution >= 0.6 is 0 Å². The second-order valence-electron chi connectivity index (χ2n) is 2.81. The molecule has 0 fully saturated rings. The Labute approximate surface area is 82.8 Å². The Bertz CT molecular complexity index is 336. The maximum absolute atomic E-state index is 10.1. The first-order valence-electron chi connectivity index (χ1n) is 4.30. The van der Waals surface area contributed by atoms with Gasteiger partial charge in [0.05, 0.1) is 0 Å². The Morgan fingerprint density at radius 2 is 2.29 bits per heavy atom. The summed E-state index contributed by atoms with van der Waals surface area (Å²) in [6.45, 7) is 0.494.